The van der Waals surface area contributed by atoms with Crippen LogP contribution in [0.15, 0.2) is 41.3 Å². The van der Waals surface area contributed by atoms with Gasteiger partial charge in [0.2, 0.25) is 5.91 Å². The van der Waals surface area contributed by atoms with Gasteiger partial charge in [-0.3, -0.25) is 19.6 Å². The summed E-state index contributed by atoms with van der Waals surface area (Å²) in [6.45, 7) is 13.7. The van der Waals surface area contributed by atoms with E-state index in [-0.39, 0.29) is 23.3 Å². The summed E-state index contributed by atoms with van der Waals surface area (Å²) in [5, 5.41) is 2.70. The molecule has 1 aliphatic carbocycles. The highest BCUT2D eigenvalue weighted by Crippen LogP contribution is 2.56. The molecule has 3 fully saturated rings. The van der Waals surface area contributed by atoms with Crippen LogP contribution in [0.5, 0.6) is 0 Å². The van der Waals surface area contributed by atoms with Gasteiger partial charge in [-0.15, -0.1) is 0 Å². The smallest absolute Gasteiger partial charge is 0.338 e. The van der Waals surface area contributed by atoms with Crippen LogP contribution < -0.4 is 22.5 Å². The molecule has 1 aromatic carbocycles. The molecule has 11 heteroatoms. The van der Waals surface area contributed by atoms with Gasteiger partial charge >= 0.3 is 11.7 Å². The molecule has 3 atom stereocenters. The first-order valence-corrected chi connectivity index (χ1v) is 14.6. The largest absolute Gasteiger partial charge is 0.354 e. The van der Waals surface area contributed by atoms with E-state index in [4.69, 9.17) is 11.5 Å². The molecular weight excluding hydrogens is 520 g/mol. The summed E-state index contributed by atoms with van der Waals surface area (Å²) in [5.74, 6) is 2.16. The fourth-order valence-corrected chi connectivity index (χ4v) is 6.66. The number of aromatic nitrogens is 2. The van der Waals surface area contributed by atoms with Gasteiger partial charge in [0.25, 0.3) is 0 Å². The van der Waals surface area contributed by atoms with Crippen LogP contribution in [0.3, 0.4) is 0 Å². The fraction of sp³-hybridized carbons (Fsp3) is 0.600. The second-order valence-electron chi connectivity index (χ2n) is 13.2. The average Bonchev–Trinajstić information content (AvgIpc) is 3.44. The van der Waals surface area contributed by atoms with Gasteiger partial charge in [0, 0.05) is 57.0 Å². The standard InChI is InChI=1S/C30H44N8O3/c1-19(37-17-22-23(18-37)25(22)29(2,3)31)16-20-6-8-21(9-7-20)38-11-10-24(34-28(38)41)33-27(40)36-14-12-35(13-15-36)26(39)30(4,5)32/h6-11,19,22-23,25H,12-18,31-32H2,1-5H3,(H,33,34,40,41). The Kier molecular flexibility index (Phi) is 7.73. The number of piperidine rings is 1. The Morgan fingerprint density at radius 1 is 0.976 bits per heavy atom. The van der Waals surface area contributed by atoms with E-state index >= 15 is 0 Å². The van der Waals surface area contributed by atoms with Crippen molar-refractivity contribution in [3.05, 3.63) is 52.6 Å². The molecule has 2 aliphatic heterocycles. The lowest BCUT2D eigenvalue weighted by molar-refractivity contribution is -0.137. The molecule has 3 aliphatic rings. The molecular formula is C30H44N8O3. The van der Waals surface area contributed by atoms with Crippen molar-refractivity contribution in [2.45, 2.75) is 58.2 Å². The molecule has 2 saturated heterocycles. The number of hydrogen-bond donors (Lipinski definition) is 3. The number of likely N-dealkylation sites (tertiary alicyclic amines) is 1. The van der Waals surface area contributed by atoms with Crippen molar-refractivity contribution < 1.29 is 9.59 Å². The Bertz CT molecular complexity index is 1320. The van der Waals surface area contributed by atoms with Gasteiger partial charge in [0.1, 0.15) is 5.82 Å². The number of nitrogens with one attached hydrogen (secondary N) is 1. The molecule has 2 aromatic rings. The minimum atomic E-state index is -0.947. The monoisotopic (exact) mass is 564 g/mol. The number of piperazine rings is 1. The number of carbonyl (C=O) groups is 2. The molecule has 0 bridgehead atoms. The lowest BCUT2D eigenvalue weighted by Crippen LogP contribution is -2.58. The van der Waals surface area contributed by atoms with E-state index in [9.17, 15) is 14.4 Å². The number of hydrogen-bond acceptors (Lipinski definition) is 7. The quantitative estimate of drug-likeness (QED) is 0.462. The average molecular weight is 565 g/mol. The van der Waals surface area contributed by atoms with Crippen molar-refractivity contribution in [1.82, 2.24) is 24.3 Å². The van der Waals surface area contributed by atoms with E-state index in [0.717, 1.165) is 37.0 Å². The Morgan fingerprint density at radius 3 is 2.10 bits per heavy atom. The molecule has 5 N–H and O–H groups in total. The van der Waals surface area contributed by atoms with Gasteiger partial charge in [-0.1, -0.05) is 12.1 Å². The van der Waals surface area contributed by atoms with Gasteiger partial charge in [0.15, 0.2) is 0 Å². The van der Waals surface area contributed by atoms with Crippen LogP contribution in [0.2, 0.25) is 0 Å². The number of fused-ring (bicyclic) bond motifs is 1. The lowest BCUT2D eigenvalue weighted by atomic mass is 9.95. The first kappa shape index (κ1) is 29.2. The van der Waals surface area contributed by atoms with Gasteiger partial charge in [-0.2, -0.15) is 4.98 Å². The maximum atomic E-state index is 12.8. The Hall–Kier alpha value is -3.28. The van der Waals surface area contributed by atoms with Crippen LogP contribution in [0.25, 0.3) is 5.69 Å². The van der Waals surface area contributed by atoms with Crippen molar-refractivity contribution >= 4 is 17.8 Å². The third kappa shape index (κ3) is 6.32. The van der Waals surface area contributed by atoms with E-state index in [1.54, 1.807) is 35.9 Å². The van der Waals surface area contributed by atoms with E-state index < -0.39 is 11.2 Å². The third-order valence-electron chi connectivity index (χ3n) is 8.89. The molecule has 3 unspecified atom stereocenters. The van der Waals surface area contributed by atoms with Crippen LogP contribution >= 0.6 is 0 Å². The van der Waals surface area contributed by atoms with Gasteiger partial charge in [0.05, 0.1) is 11.2 Å². The van der Waals surface area contributed by atoms with Crippen LogP contribution in [-0.4, -0.2) is 92.6 Å². The normalized spacial score (nSPS) is 23.7. The second-order valence-corrected chi connectivity index (χ2v) is 13.2. The maximum Gasteiger partial charge on any atom is 0.354 e. The lowest BCUT2D eigenvalue weighted by Gasteiger charge is -2.37. The number of carbonyl (C=O) groups excluding carboxylic acids is 2. The third-order valence-corrected chi connectivity index (χ3v) is 8.89. The van der Waals surface area contributed by atoms with Crippen molar-refractivity contribution in [2.75, 3.05) is 44.6 Å². The SMILES string of the molecule is CC(Cc1ccc(-n2ccc(NC(=O)N3CCN(C(=O)C(C)(C)N)CC3)nc2=O)cc1)N1CC2C(C1)C2C(C)(C)N. The summed E-state index contributed by atoms with van der Waals surface area (Å²) in [7, 11) is 0. The summed E-state index contributed by atoms with van der Waals surface area (Å²) < 4.78 is 1.46. The van der Waals surface area contributed by atoms with E-state index in [1.807, 2.05) is 12.1 Å². The molecule has 41 heavy (non-hydrogen) atoms. The van der Waals surface area contributed by atoms with Crippen LogP contribution in [0.4, 0.5) is 10.6 Å². The zero-order valence-electron chi connectivity index (χ0n) is 24.8. The number of anilines is 1. The zero-order valence-corrected chi connectivity index (χ0v) is 24.8. The highest BCUT2D eigenvalue weighted by atomic mass is 16.2. The molecule has 11 nitrogen and oxygen atoms in total. The predicted molar refractivity (Wildman–Crippen MR) is 159 cm³/mol. The number of benzene rings is 1. The highest BCUT2D eigenvalue weighted by Gasteiger charge is 2.60. The molecule has 0 spiro atoms. The summed E-state index contributed by atoms with van der Waals surface area (Å²) in [6.07, 6.45) is 2.56. The zero-order chi connectivity index (χ0) is 29.7. The van der Waals surface area contributed by atoms with Gasteiger partial charge in [-0.05, 0) is 82.6 Å². The Labute approximate surface area is 241 Å². The van der Waals surface area contributed by atoms with Crippen molar-refractivity contribution in [2.24, 2.45) is 29.2 Å². The minimum absolute atomic E-state index is 0.0852. The van der Waals surface area contributed by atoms with Gasteiger partial charge in [-0.25, -0.2) is 9.59 Å². The summed E-state index contributed by atoms with van der Waals surface area (Å²) in [6, 6.07) is 9.69. The summed E-state index contributed by atoms with van der Waals surface area (Å²) >= 11 is 0. The second kappa shape index (κ2) is 10.8. The van der Waals surface area contributed by atoms with E-state index in [2.05, 4.69) is 48.1 Å². The number of rotatable bonds is 7. The predicted octanol–water partition coefficient (Wildman–Crippen LogP) is 1.49. The topological polar surface area (TPSA) is 143 Å². The van der Waals surface area contributed by atoms with Crippen LogP contribution in [0.1, 0.15) is 40.2 Å². The minimum Gasteiger partial charge on any atom is -0.338 e. The maximum absolute atomic E-state index is 12.8. The number of nitrogens with two attached hydrogens (primary N) is 2. The summed E-state index contributed by atoms with van der Waals surface area (Å²) in [5.41, 5.74) is 12.7. The van der Waals surface area contributed by atoms with Gasteiger partial charge < -0.3 is 21.3 Å². The fourth-order valence-electron chi connectivity index (χ4n) is 6.66. The van der Waals surface area contributed by atoms with Crippen molar-refractivity contribution in [3.8, 4) is 5.69 Å². The van der Waals surface area contributed by atoms with E-state index in [0.29, 0.717) is 38.1 Å². The van der Waals surface area contributed by atoms with Crippen molar-refractivity contribution in [1.29, 1.82) is 0 Å². The molecule has 0 radical (unpaired) electrons. The molecule has 1 aromatic heterocycles. The summed E-state index contributed by atoms with van der Waals surface area (Å²) in [4.78, 5) is 47.8. The molecule has 222 valence electrons. The number of amides is 3. The van der Waals surface area contributed by atoms with Crippen LogP contribution in [0, 0.1) is 17.8 Å². The Morgan fingerprint density at radius 2 is 1.56 bits per heavy atom. The number of nitrogens with zero attached hydrogens (tertiary/aromatic N) is 5. The molecule has 1 saturated carbocycles. The molecule has 3 heterocycles. The van der Waals surface area contributed by atoms with Crippen LogP contribution in [-0.2, 0) is 11.2 Å². The number of urea groups is 1. The Balaban J connectivity index is 1.13. The molecule has 5 rings (SSSR count). The first-order chi connectivity index (χ1) is 19.2. The first-order valence-electron chi connectivity index (χ1n) is 14.6. The van der Waals surface area contributed by atoms with E-state index in [1.165, 1.54) is 10.1 Å². The molecule has 3 amide bonds. The highest BCUT2D eigenvalue weighted by molar-refractivity contribution is 5.89. The van der Waals surface area contributed by atoms with Crippen molar-refractivity contribution in [3.63, 3.8) is 0 Å².